The van der Waals surface area contributed by atoms with Crippen molar-refractivity contribution < 1.29 is 14.2 Å². The number of fused-ring (bicyclic) bond motifs is 2. The number of aryl methyl sites for hydroxylation is 1. The smallest absolute Gasteiger partial charge is 0.208 e. The lowest BCUT2D eigenvalue weighted by molar-refractivity contribution is -0.404. The molecule has 1 aliphatic carbocycles. The highest BCUT2D eigenvalue weighted by Gasteiger charge is 2.32. The molecule has 1 atom stereocenters. The van der Waals surface area contributed by atoms with Crippen LogP contribution in [0.5, 0.6) is 11.5 Å². The predicted octanol–water partition coefficient (Wildman–Crippen LogP) is 3.74. The van der Waals surface area contributed by atoms with Crippen molar-refractivity contribution in [3.8, 4) is 11.5 Å². The number of allylic oxidation sites excluding steroid dienone is 4. The van der Waals surface area contributed by atoms with Gasteiger partial charge in [-0.25, -0.2) is 0 Å². The number of hydrogen-bond donors (Lipinski definition) is 0. The average molecular weight is 350 g/mol. The van der Waals surface area contributed by atoms with E-state index in [9.17, 15) is 5.21 Å². The molecule has 0 saturated heterocycles. The molecule has 0 spiro atoms. The second-order valence-electron chi connectivity index (χ2n) is 6.72. The van der Waals surface area contributed by atoms with Crippen LogP contribution < -0.4 is 9.47 Å². The maximum absolute atomic E-state index is 12.7. The van der Waals surface area contributed by atoms with Crippen LogP contribution in [0.15, 0.2) is 48.3 Å². The third-order valence-electron chi connectivity index (χ3n) is 5.20. The van der Waals surface area contributed by atoms with Crippen LogP contribution >= 0.6 is 0 Å². The molecule has 0 amide bonds. The van der Waals surface area contributed by atoms with E-state index in [1.54, 1.807) is 20.4 Å². The highest BCUT2D eigenvalue weighted by molar-refractivity contribution is 5.81. The first-order valence-electron chi connectivity index (χ1n) is 8.71. The van der Waals surface area contributed by atoms with Gasteiger partial charge in [0.2, 0.25) is 6.21 Å². The molecule has 5 heteroatoms. The molecular formula is C21H22N2O3. The van der Waals surface area contributed by atoms with Gasteiger partial charge >= 0.3 is 0 Å². The summed E-state index contributed by atoms with van der Waals surface area (Å²) < 4.78 is 13.9. The minimum atomic E-state index is 0.103. The van der Waals surface area contributed by atoms with Crippen molar-refractivity contribution in [3.63, 3.8) is 0 Å². The van der Waals surface area contributed by atoms with Gasteiger partial charge in [-0.15, -0.1) is 0 Å². The third-order valence-corrected chi connectivity index (χ3v) is 5.20. The van der Waals surface area contributed by atoms with Gasteiger partial charge in [0.15, 0.2) is 22.9 Å². The average Bonchev–Trinajstić information content (AvgIpc) is 2.91. The summed E-state index contributed by atoms with van der Waals surface area (Å²) in [4.78, 5) is 0. The van der Waals surface area contributed by atoms with Crippen LogP contribution in [0.25, 0.3) is 5.57 Å². The van der Waals surface area contributed by atoms with Gasteiger partial charge in [-0.3, -0.25) is 0 Å². The number of hydroxylamine groups is 1. The Morgan fingerprint density at radius 2 is 1.96 bits per heavy atom. The van der Waals surface area contributed by atoms with Crippen LogP contribution in [-0.2, 0) is 6.54 Å². The van der Waals surface area contributed by atoms with E-state index in [-0.39, 0.29) is 5.92 Å². The summed E-state index contributed by atoms with van der Waals surface area (Å²) in [5.74, 6) is 1.34. The number of ether oxygens (including phenoxy) is 2. The number of methoxy groups -OCH3 is 2. The molecule has 0 N–H and O–H groups in total. The van der Waals surface area contributed by atoms with Gasteiger partial charge in [0.1, 0.15) is 0 Å². The second kappa shape index (κ2) is 6.41. The van der Waals surface area contributed by atoms with E-state index in [1.165, 1.54) is 16.7 Å². The van der Waals surface area contributed by atoms with E-state index in [0.29, 0.717) is 18.0 Å². The lowest BCUT2D eigenvalue weighted by Gasteiger charge is -2.22. The highest BCUT2D eigenvalue weighted by Crippen LogP contribution is 2.39. The van der Waals surface area contributed by atoms with Gasteiger partial charge in [-0.1, -0.05) is 30.3 Å². The van der Waals surface area contributed by atoms with Crippen molar-refractivity contribution in [2.24, 2.45) is 5.92 Å². The Labute approximate surface area is 153 Å². The normalized spacial score (nSPS) is 18.7. The van der Waals surface area contributed by atoms with Crippen molar-refractivity contribution in [1.29, 1.82) is 0 Å². The molecule has 4 rings (SSSR count). The van der Waals surface area contributed by atoms with Crippen molar-refractivity contribution >= 4 is 11.8 Å². The summed E-state index contributed by atoms with van der Waals surface area (Å²) in [6.07, 6.45) is 8.35. The zero-order chi connectivity index (χ0) is 18.3. The summed E-state index contributed by atoms with van der Waals surface area (Å²) in [5.41, 5.74) is 5.29. The van der Waals surface area contributed by atoms with Crippen molar-refractivity contribution in [2.75, 3.05) is 14.2 Å². The van der Waals surface area contributed by atoms with Gasteiger partial charge in [-0.05, 0) is 30.0 Å². The van der Waals surface area contributed by atoms with Crippen molar-refractivity contribution in [2.45, 2.75) is 19.9 Å². The maximum atomic E-state index is 12.7. The Balaban J connectivity index is 1.75. The van der Waals surface area contributed by atoms with Crippen LogP contribution in [0.1, 0.15) is 23.2 Å². The first-order valence-corrected chi connectivity index (χ1v) is 8.71. The van der Waals surface area contributed by atoms with Crippen LogP contribution in [0, 0.1) is 18.0 Å². The van der Waals surface area contributed by atoms with E-state index in [4.69, 9.17) is 9.47 Å². The molecule has 2 heterocycles. The van der Waals surface area contributed by atoms with E-state index in [1.807, 2.05) is 18.3 Å². The van der Waals surface area contributed by atoms with E-state index >= 15 is 0 Å². The largest absolute Gasteiger partial charge is 0.618 e. The lowest BCUT2D eigenvalue weighted by Crippen LogP contribution is -2.19. The Morgan fingerprint density at radius 3 is 2.69 bits per heavy atom. The van der Waals surface area contributed by atoms with Crippen LogP contribution in [0.2, 0.25) is 0 Å². The lowest BCUT2D eigenvalue weighted by atomic mass is 9.86. The Morgan fingerprint density at radius 1 is 1.15 bits per heavy atom. The van der Waals surface area contributed by atoms with Crippen LogP contribution in [-0.4, -0.2) is 29.7 Å². The molecule has 0 saturated carbocycles. The molecule has 134 valence electrons. The zero-order valence-corrected chi connectivity index (χ0v) is 15.2. The molecule has 2 aliphatic rings. The molecule has 0 bridgehead atoms. The molecule has 26 heavy (non-hydrogen) atoms. The van der Waals surface area contributed by atoms with Gasteiger partial charge in [0.05, 0.1) is 26.3 Å². The first-order chi connectivity index (χ1) is 12.6. The fourth-order valence-electron chi connectivity index (χ4n) is 3.89. The molecule has 0 radical (unpaired) electrons. The van der Waals surface area contributed by atoms with E-state index in [2.05, 4.69) is 35.8 Å². The van der Waals surface area contributed by atoms with Gasteiger partial charge in [0, 0.05) is 12.6 Å². The Hall–Kier alpha value is -2.95. The molecular weight excluding hydrogens is 328 g/mol. The van der Waals surface area contributed by atoms with Crippen LogP contribution in [0.3, 0.4) is 0 Å². The van der Waals surface area contributed by atoms with E-state index in [0.717, 1.165) is 22.6 Å². The summed E-state index contributed by atoms with van der Waals surface area (Å²) >= 11 is 0. The van der Waals surface area contributed by atoms with Crippen molar-refractivity contribution in [1.82, 2.24) is 4.57 Å². The Kier molecular flexibility index (Phi) is 4.07. The predicted molar refractivity (Wildman–Crippen MR) is 102 cm³/mol. The van der Waals surface area contributed by atoms with Gasteiger partial charge < -0.3 is 19.2 Å². The van der Waals surface area contributed by atoms with Crippen molar-refractivity contribution in [3.05, 3.63) is 70.3 Å². The molecule has 2 aromatic rings. The fourth-order valence-corrected chi connectivity index (χ4v) is 3.89. The summed E-state index contributed by atoms with van der Waals surface area (Å²) in [6, 6.07) is 8.37. The molecule has 1 aromatic carbocycles. The van der Waals surface area contributed by atoms with E-state index < -0.39 is 0 Å². The quantitative estimate of drug-likeness (QED) is 0.626. The molecule has 0 fully saturated rings. The summed E-state index contributed by atoms with van der Waals surface area (Å²) in [5, 5.41) is 12.7. The maximum Gasteiger partial charge on any atom is 0.208 e. The molecule has 0 unspecified atom stereocenters. The third kappa shape index (κ3) is 2.60. The second-order valence-corrected chi connectivity index (χ2v) is 6.72. The zero-order valence-electron chi connectivity index (χ0n) is 15.2. The minimum Gasteiger partial charge on any atom is -0.618 e. The summed E-state index contributed by atoms with van der Waals surface area (Å²) in [7, 11) is 3.20. The molecule has 1 aliphatic heterocycles. The SMILES string of the molecule is COc1cn2c(c1OC)C=[N+]([O-])C1=CC=C(c3ccccc3C)C[C@H]1C2. The minimum absolute atomic E-state index is 0.103. The number of rotatable bonds is 3. The standard InChI is InChI=1S/C21H22N2O3/c1-14-6-4-5-7-17(14)15-8-9-18-16(10-15)11-22-13-20(25-2)21(26-3)19(22)12-23(18)24/h4-9,12-13,16H,10-11H2,1-3H3/t16-/m0/s1. The first kappa shape index (κ1) is 16.5. The monoisotopic (exact) mass is 350 g/mol. The molecule has 5 nitrogen and oxygen atoms in total. The fraction of sp³-hybridized carbons (Fsp3) is 0.286. The highest BCUT2D eigenvalue weighted by atomic mass is 16.5. The number of aromatic nitrogens is 1. The van der Waals surface area contributed by atoms with Crippen LogP contribution in [0.4, 0.5) is 0 Å². The van der Waals surface area contributed by atoms with Gasteiger partial charge in [-0.2, -0.15) is 4.74 Å². The Bertz CT molecular complexity index is 950. The number of nitrogens with zero attached hydrogens (tertiary/aromatic N) is 2. The number of benzene rings is 1. The number of hydrogen-bond acceptors (Lipinski definition) is 3. The van der Waals surface area contributed by atoms with Gasteiger partial charge in [0.25, 0.3) is 0 Å². The summed E-state index contributed by atoms with van der Waals surface area (Å²) in [6.45, 7) is 2.83. The topological polar surface area (TPSA) is 49.5 Å². The molecule has 1 aromatic heterocycles.